The van der Waals surface area contributed by atoms with Crippen LogP contribution in [0.1, 0.15) is 87.7 Å². The number of phenolic OH excluding ortho intramolecular Hbond substituents is 1. The van der Waals surface area contributed by atoms with Crippen LogP contribution in [0.25, 0.3) is 0 Å². The van der Waals surface area contributed by atoms with Gasteiger partial charge < -0.3 is 25.5 Å². The van der Waals surface area contributed by atoms with Gasteiger partial charge >= 0.3 is 5.97 Å². The average Bonchev–Trinajstić information content (AvgIpc) is 2.51. The maximum absolute atomic E-state index is 11.3. The second-order valence-corrected chi connectivity index (χ2v) is 8.99. The van der Waals surface area contributed by atoms with Gasteiger partial charge in [0, 0.05) is 5.56 Å². The van der Waals surface area contributed by atoms with Crippen molar-refractivity contribution in [3.63, 3.8) is 0 Å². The molecule has 0 saturated carbocycles. The van der Waals surface area contributed by atoms with Gasteiger partial charge in [-0.15, -0.1) is 0 Å². The molecule has 6 heteroatoms. The lowest BCUT2D eigenvalue weighted by molar-refractivity contribution is 0.0226. The molecule has 1 atom stereocenters. The summed E-state index contributed by atoms with van der Waals surface area (Å²) in [5.74, 6) is -1.74. The van der Waals surface area contributed by atoms with Crippen LogP contribution < -0.4 is 0 Å². The van der Waals surface area contributed by atoms with E-state index >= 15 is 0 Å². The van der Waals surface area contributed by atoms with E-state index in [0.717, 1.165) is 24.8 Å². The zero-order chi connectivity index (χ0) is 22.4. The molecule has 0 aliphatic carbocycles. The van der Waals surface area contributed by atoms with Gasteiger partial charge in [-0.3, -0.25) is 0 Å². The Bertz CT molecular complexity index is 741. The molecule has 0 radical (unpaired) electrons. The number of aromatic carboxylic acids is 1. The Morgan fingerprint density at radius 1 is 1.07 bits per heavy atom. The summed E-state index contributed by atoms with van der Waals surface area (Å²) in [5, 5.41) is 49.8. The van der Waals surface area contributed by atoms with Crippen molar-refractivity contribution in [2.75, 3.05) is 0 Å². The van der Waals surface area contributed by atoms with Crippen molar-refractivity contribution in [1.29, 1.82) is 0 Å². The summed E-state index contributed by atoms with van der Waals surface area (Å²) in [6.07, 6.45) is 6.28. The number of aromatic hydroxyl groups is 2. The van der Waals surface area contributed by atoms with Gasteiger partial charge in [-0.25, -0.2) is 4.79 Å². The Morgan fingerprint density at radius 2 is 1.66 bits per heavy atom. The van der Waals surface area contributed by atoms with Gasteiger partial charge in [0.05, 0.1) is 11.2 Å². The van der Waals surface area contributed by atoms with Crippen LogP contribution in [0.5, 0.6) is 11.5 Å². The topological polar surface area (TPSA) is 118 Å². The first-order valence-electron chi connectivity index (χ1n) is 10.1. The minimum atomic E-state index is -1.23. The number of aryl methyl sites for hydroxylation is 1. The predicted molar refractivity (Wildman–Crippen MR) is 114 cm³/mol. The molecule has 5 N–H and O–H groups in total. The molecule has 0 aliphatic heterocycles. The van der Waals surface area contributed by atoms with Gasteiger partial charge in [-0.05, 0) is 91.2 Å². The zero-order valence-corrected chi connectivity index (χ0v) is 18.2. The van der Waals surface area contributed by atoms with Crippen LogP contribution in [0.15, 0.2) is 17.7 Å². The lowest BCUT2D eigenvalue weighted by Gasteiger charge is -2.25. The van der Waals surface area contributed by atoms with E-state index in [-0.39, 0.29) is 23.3 Å². The lowest BCUT2D eigenvalue weighted by Crippen LogP contribution is -2.26. The first-order chi connectivity index (χ1) is 13.2. The Balaban J connectivity index is 2.63. The molecule has 0 aromatic heterocycles. The highest BCUT2D eigenvalue weighted by atomic mass is 16.4. The van der Waals surface area contributed by atoms with E-state index in [1.807, 2.05) is 19.9 Å². The second kappa shape index (κ2) is 10.1. The monoisotopic (exact) mass is 408 g/mol. The number of carboxylic acids is 1. The molecule has 0 spiro atoms. The van der Waals surface area contributed by atoms with Gasteiger partial charge in [-0.1, -0.05) is 11.6 Å². The minimum Gasteiger partial charge on any atom is -0.508 e. The van der Waals surface area contributed by atoms with Crippen LogP contribution in [-0.4, -0.2) is 42.7 Å². The summed E-state index contributed by atoms with van der Waals surface area (Å²) in [6.45, 7) is 8.80. The SMILES string of the molecule is C/C(=C\Cc1c(O)cc(C)c(C(=O)O)c1O)CCC[C@@](C)(O)CCCC(C)(C)O. The van der Waals surface area contributed by atoms with Crippen molar-refractivity contribution in [1.82, 2.24) is 0 Å². The summed E-state index contributed by atoms with van der Waals surface area (Å²) >= 11 is 0. The van der Waals surface area contributed by atoms with Gasteiger partial charge in [-0.2, -0.15) is 0 Å². The molecule has 164 valence electrons. The number of carbonyl (C=O) groups is 1. The molecule has 0 fully saturated rings. The number of aliphatic hydroxyl groups is 2. The van der Waals surface area contributed by atoms with Crippen molar-refractivity contribution >= 4 is 5.97 Å². The third kappa shape index (κ3) is 8.46. The van der Waals surface area contributed by atoms with E-state index in [0.29, 0.717) is 24.8 Å². The Labute approximate surface area is 173 Å². The van der Waals surface area contributed by atoms with Crippen molar-refractivity contribution in [2.45, 2.75) is 90.8 Å². The van der Waals surface area contributed by atoms with Crippen molar-refractivity contribution in [3.05, 3.63) is 34.4 Å². The van der Waals surface area contributed by atoms with Gasteiger partial charge in [0.25, 0.3) is 0 Å². The molecule has 0 bridgehead atoms. The van der Waals surface area contributed by atoms with E-state index in [1.165, 1.54) is 13.0 Å². The van der Waals surface area contributed by atoms with Gasteiger partial charge in [0.2, 0.25) is 0 Å². The molecule has 0 aliphatic rings. The number of phenols is 2. The molecule has 6 nitrogen and oxygen atoms in total. The molecular formula is C23H36O6. The number of hydrogen-bond donors (Lipinski definition) is 5. The van der Waals surface area contributed by atoms with Crippen LogP contribution in [0.3, 0.4) is 0 Å². The fourth-order valence-corrected chi connectivity index (χ4v) is 3.45. The standard InChI is InChI=1S/C23H36O6/c1-15(8-6-12-23(5,29)13-7-11-22(3,4)28)9-10-17-18(24)14-16(2)19(20(17)25)21(26)27/h9,14,24-25,28-29H,6-8,10-13H2,1-5H3,(H,26,27)/b15-9+/t23-/m1/s1. The van der Waals surface area contributed by atoms with E-state index < -0.39 is 22.9 Å². The Kier molecular flexibility index (Phi) is 8.72. The number of hydrogen-bond acceptors (Lipinski definition) is 5. The number of carboxylic acid groups (broad SMARTS) is 1. The Hall–Kier alpha value is -2.05. The van der Waals surface area contributed by atoms with E-state index in [9.17, 15) is 30.3 Å². The fraction of sp³-hybridized carbons (Fsp3) is 0.609. The summed E-state index contributed by atoms with van der Waals surface area (Å²) in [7, 11) is 0. The molecule has 29 heavy (non-hydrogen) atoms. The van der Waals surface area contributed by atoms with Crippen LogP contribution in [0.2, 0.25) is 0 Å². The van der Waals surface area contributed by atoms with Crippen molar-refractivity contribution in [2.24, 2.45) is 0 Å². The largest absolute Gasteiger partial charge is 0.508 e. The number of benzene rings is 1. The summed E-state index contributed by atoms with van der Waals surface area (Å²) in [4.78, 5) is 11.3. The third-order valence-corrected chi connectivity index (χ3v) is 5.24. The second-order valence-electron chi connectivity index (χ2n) is 8.99. The quantitative estimate of drug-likeness (QED) is 0.345. The maximum Gasteiger partial charge on any atom is 0.339 e. The number of rotatable bonds is 11. The highest BCUT2D eigenvalue weighted by Crippen LogP contribution is 2.34. The van der Waals surface area contributed by atoms with Crippen LogP contribution >= 0.6 is 0 Å². The normalized spacial score (nSPS) is 14.7. The fourth-order valence-electron chi connectivity index (χ4n) is 3.45. The van der Waals surface area contributed by atoms with Crippen molar-refractivity contribution in [3.8, 4) is 11.5 Å². The molecular weight excluding hydrogens is 372 g/mol. The molecule has 1 rings (SSSR count). The van der Waals surface area contributed by atoms with Crippen LogP contribution in [-0.2, 0) is 6.42 Å². The highest BCUT2D eigenvalue weighted by Gasteiger charge is 2.22. The maximum atomic E-state index is 11.3. The first kappa shape index (κ1) is 25.0. The average molecular weight is 409 g/mol. The molecule has 1 aromatic rings. The molecule has 0 saturated heterocycles. The molecule has 1 aromatic carbocycles. The summed E-state index contributed by atoms with van der Waals surface area (Å²) in [6, 6.07) is 1.35. The summed E-state index contributed by atoms with van der Waals surface area (Å²) < 4.78 is 0. The van der Waals surface area contributed by atoms with E-state index in [2.05, 4.69) is 0 Å². The third-order valence-electron chi connectivity index (χ3n) is 5.24. The zero-order valence-electron chi connectivity index (χ0n) is 18.2. The van der Waals surface area contributed by atoms with E-state index in [1.54, 1.807) is 13.8 Å². The first-order valence-corrected chi connectivity index (χ1v) is 10.1. The number of allylic oxidation sites excluding steroid dienone is 2. The van der Waals surface area contributed by atoms with E-state index in [4.69, 9.17) is 0 Å². The van der Waals surface area contributed by atoms with Crippen molar-refractivity contribution < 1.29 is 30.3 Å². The highest BCUT2D eigenvalue weighted by molar-refractivity contribution is 5.93. The smallest absolute Gasteiger partial charge is 0.339 e. The lowest BCUT2D eigenvalue weighted by atomic mass is 9.89. The summed E-state index contributed by atoms with van der Waals surface area (Å²) in [5.41, 5.74) is -0.146. The van der Waals surface area contributed by atoms with Crippen LogP contribution in [0, 0.1) is 6.92 Å². The minimum absolute atomic E-state index is 0.121. The molecule has 0 heterocycles. The predicted octanol–water partition coefficient (Wildman–Crippen LogP) is 4.46. The Morgan fingerprint density at radius 3 is 2.21 bits per heavy atom. The van der Waals surface area contributed by atoms with Gasteiger partial charge in [0.1, 0.15) is 17.1 Å². The molecule has 0 amide bonds. The van der Waals surface area contributed by atoms with Crippen LogP contribution in [0.4, 0.5) is 0 Å². The van der Waals surface area contributed by atoms with Gasteiger partial charge in [0.15, 0.2) is 0 Å². The molecule has 0 unspecified atom stereocenters.